The summed E-state index contributed by atoms with van der Waals surface area (Å²) >= 11 is 6.22. The molecule has 3 rings (SSSR count). The Morgan fingerprint density at radius 1 is 1.12 bits per heavy atom. The van der Waals surface area contributed by atoms with Crippen molar-refractivity contribution in [1.82, 2.24) is 0 Å². The Labute approximate surface area is 153 Å². The van der Waals surface area contributed by atoms with Crippen molar-refractivity contribution < 1.29 is 23.8 Å². The highest BCUT2D eigenvalue weighted by molar-refractivity contribution is 6.32. The van der Waals surface area contributed by atoms with E-state index in [0.29, 0.717) is 22.1 Å². The standard InChI is InChI=1S/C19H15ClO6/c1-11-8-18(21)26-16-10-17(15(20)9-14(11)16)25-7-6-24-13-4-2-12(3-5-13)19(22)23/h2-5,8-10H,6-7H2,1H3,(H,22,23). The van der Waals surface area contributed by atoms with Crippen LogP contribution in [-0.2, 0) is 0 Å². The van der Waals surface area contributed by atoms with Crippen LogP contribution in [0.1, 0.15) is 15.9 Å². The summed E-state index contributed by atoms with van der Waals surface area (Å²) in [6.45, 7) is 2.25. The minimum Gasteiger partial charge on any atom is -0.490 e. The number of halogens is 1. The molecule has 0 radical (unpaired) electrons. The molecule has 0 bridgehead atoms. The fourth-order valence-corrected chi connectivity index (χ4v) is 2.65. The van der Waals surface area contributed by atoms with Crippen molar-refractivity contribution in [2.24, 2.45) is 0 Å². The van der Waals surface area contributed by atoms with Crippen LogP contribution in [0.2, 0.25) is 5.02 Å². The van der Waals surface area contributed by atoms with E-state index < -0.39 is 11.6 Å². The number of carbonyl (C=O) groups is 1. The summed E-state index contributed by atoms with van der Waals surface area (Å²) in [5.41, 5.74) is 0.933. The fourth-order valence-electron chi connectivity index (χ4n) is 2.44. The van der Waals surface area contributed by atoms with Gasteiger partial charge in [-0.1, -0.05) is 11.6 Å². The Kier molecular flexibility index (Phi) is 5.14. The lowest BCUT2D eigenvalue weighted by Gasteiger charge is -2.11. The summed E-state index contributed by atoms with van der Waals surface area (Å²) in [6.07, 6.45) is 0. The van der Waals surface area contributed by atoms with E-state index in [0.717, 1.165) is 10.9 Å². The first-order valence-corrected chi connectivity index (χ1v) is 8.15. The first-order valence-electron chi connectivity index (χ1n) is 7.77. The van der Waals surface area contributed by atoms with Crippen molar-refractivity contribution in [3.8, 4) is 11.5 Å². The molecule has 0 unspecified atom stereocenters. The van der Waals surface area contributed by atoms with Crippen LogP contribution in [0, 0.1) is 6.92 Å². The molecule has 0 aliphatic carbocycles. The van der Waals surface area contributed by atoms with Gasteiger partial charge in [0.05, 0.1) is 10.6 Å². The molecule has 1 aromatic heterocycles. The van der Waals surface area contributed by atoms with Gasteiger partial charge in [0.2, 0.25) is 0 Å². The zero-order valence-electron chi connectivity index (χ0n) is 13.8. The normalized spacial score (nSPS) is 10.7. The highest BCUT2D eigenvalue weighted by atomic mass is 35.5. The van der Waals surface area contributed by atoms with E-state index in [-0.39, 0.29) is 18.8 Å². The summed E-state index contributed by atoms with van der Waals surface area (Å²) in [4.78, 5) is 22.3. The van der Waals surface area contributed by atoms with Gasteiger partial charge in [-0.25, -0.2) is 9.59 Å². The molecular formula is C19H15ClO6. The highest BCUT2D eigenvalue weighted by Crippen LogP contribution is 2.31. The molecular weight excluding hydrogens is 360 g/mol. The van der Waals surface area contributed by atoms with Gasteiger partial charge in [-0.3, -0.25) is 0 Å². The van der Waals surface area contributed by atoms with E-state index in [2.05, 4.69) is 0 Å². The molecule has 7 heteroatoms. The summed E-state index contributed by atoms with van der Waals surface area (Å²) in [6, 6.07) is 10.7. The minimum atomic E-state index is -0.993. The molecule has 0 saturated heterocycles. The van der Waals surface area contributed by atoms with E-state index in [1.807, 2.05) is 0 Å². The number of carboxylic acid groups (broad SMARTS) is 1. The first kappa shape index (κ1) is 17.8. The Balaban J connectivity index is 1.63. The number of aromatic carboxylic acids is 1. The van der Waals surface area contributed by atoms with Crippen LogP contribution < -0.4 is 15.1 Å². The Morgan fingerprint density at radius 3 is 2.50 bits per heavy atom. The maximum Gasteiger partial charge on any atom is 0.336 e. The maximum atomic E-state index is 11.5. The van der Waals surface area contributed by atoms with Crippen LogP contribution in [-0.4, -0.2) is 24.3 Å². The Hall–Kier alpha value is -2.99. The topological polar surface area (TPSA) is 86.0 Å². The van der Waals surface area contributed by atoms with Crippen molar-refractivity contribution in [3.05, 3.63) is 69.0 Å². The van der Waals surface area contributed by atoms with Gasteiger partial charge in [0.25, 0.3) is 0 Å². The van der Waals surface area contributed by atoms with Crippen LogP contribution in [0.3, 0.4) is 0 Å². The molecule has 0 atom stereocenters. The largest absolute Gasteiger partial charge is 0.490 e. The van der Waals surface area contributed by atoms with Crippen LogP contribution in [0.15, 0.2) is 51.7 Å². The number of fused-ring (bicyclic) bond motifs is 1. The molecule has 1 heterocycles. The van der Waals surface area contributed by atoms with E-state index in [1.54, 1.807) is 31.2 Å². The lowest BCUT2D eigenvalue weighted by atomic mass is 10.1. The van der Waals surface area contributed by atoms with Crippen molar-refractivity contribution in [1.29, 1.82) is 0 Å². The van der Waals surface area contributed by atoms with Gasteiger partial charge in [-0.05, 0) is 42.8 Å². The molecule has 0 saturated carbocycles. The number of rotatable bonds is 6. The van der Waals surface area contributed by atoms with Gasteiger partial charge in [0.1, 0.15) is 30.3 Å². The number of hydrogen-bond acceptors (Lipinski definition) is 5. The number of carboxylic acids is 1. The van der Waals surface area contributed by atoms with Crippen molar-refractivity contribution in [2.75, 3.05) is 13.2 Å². The maximum absolute atomic E-state index is 11.5. The predicted octanol–water partition coefficient (Wildman–Crippen LogP) is 3.91. The first-order chi connectivity index (χ1) is 12.4. The number of aryl methyl sites for hydroxylation is 1. The molecule has 0 spiro atoms. The van der Waals surface area contributed by atoms with E-state index >= 15 is 0 Å². The smallest absolute Gasteiger partial charge is 0.336 e. The van der Waals surface area contributed by atoms with Crippen molar-refractivity contribution >= 4 is 28.5 Å². The Morgan fingerprint density at radius 2 is 1.81 bits per heavy atom. The van der Waals surface area contributed by atoms with Gasteiger partial charge < -0.3 is 19.0 Å². The predicted molar refractivity (Wildman–Crippen MR) is 96.6 cm³/mol. The van der Waals surface area contributed by atoms with Gasteiger partial charge in [0, 0.05) is 17.5 Å². The lowest BCUT2D eigenvalue weighted by molar-refractivity contribution is 0.0697. The molecule has 134 valence electrons. The van der Waals surface area contributed by atoms with Crippen LogP contribution >= 0.6 is 11.6 Å². The SMILES string of the molecule is Cc1cc(=O)oc2cc(OCCOc3ccc(C(=O)O)cc3)c(Cl)cc12. The third-order valence-electron chi connectivity index (χ3n) is 3.71. The summed E-state index contributed by atoms with van der Waals surface area (Å²) < 4.78 is 16.3. The van der Waals surface area contributed by atoms with Gasteiger partial charge >= 0.3 is 11.6 Å². The highest BCUT2D eigenvalue weighted by Gasteiger charge is 2.09. The van der Waals surface area contributed by atoms with E-state index in [1.165, 1.54) is 18.2 Å². The van der Waals surface area contributed by atoms with Crippen LogP contribution in [0.25, 0.3) is 11.0 Å². The second-order valence-electron chi connectivity index (χ2n) is 5.55. The second kappa shape index (κ2) is 7.49. The van der Waals surface area contributed by atoms with Gasteiger partial charge in [0.15, 0.2) is 0 Å². The zero-order chi connectivity index (χ0) is 18.7. The fraction of sp³-hybridized carbons (Fsp3) is 0.158. The van der Waals surface area contributed by atoms with Crippen LogP contribution in [0.5, 0.6) is 11.5 Å². The monoisotopic (exact) mass is 374 g/mol. The molecule has 0 amide bonds. The molecule has 0 aliphatic heterocycles. The molecule has 0 fully saturated rings. The van der Waals surface area contributed by atoms with E-state index in [4.69, 9.17) is 30.6 Å². The lowest BCUT2D eigenvalue weighted by Crippen LogP contribution is -2.09. The molecule has 1 N–H and O–H groups in total. The third-order valence-corrected chi connectivity index (χ3v) is 4.01. The quantitative estimate of drug-likeness (QED) is 0.520. The minimum absolute atomic E-state index is 0.188. The summed E-state index contributed by atoms with van der Waals surface area (Å²) in [5, 5.41) is 10.0. The van der Waals surface area contributed by atoms with Gasteiger partial charge in [-0.15, -0.1) is 0 Å². The van der Waals surface area contributed by atoms with Crippen molar-refractivity contribution in [2.45, 2.75) is 6.92 Å². The number of hydrogen-bond donors (Lipinski definition) is 1. The number of ether oxygens (including phenoxy) is 2. The molecule has 2 aromatic carbocycles. The molecule has 0 aliphatic rings. The Bertz CT molecular complexity index is 1010. The average molecular weight is 375 g/mol. The molecule has 3 aromatic rings. The van der Waals surface area contributed by atoms with Crippen molar-refractivity contribution in [3.63, 3.8) is 0 Å². The van der Waals surface area contributed by atoms with E-state index in [9.17, 15) is 9.59 Å². The summed E-state index contributed by atoms with van der Waals surface area (Å²) in [5.74, 6) is -0.0738. The molecule has 6 nitrogen and oxygen atoms in total. The third kappa shape index (κ3) is 3.97. The van der Waals surface area contributed by atoms with Crippen LogP contribution in [0.4, 0.5) is 0 Å². The molecule has 26 heavy (non-hydrogen) atoms. The summed E-state index contributed by atoms with van der Waals surface area (Å²) in [7, 11) is 0. The van der Waals surface area contributed by atoms with Gasteiger partial charge in [-0.2, -0.15) is 0 Å². The second-order valence-corrected chi connectivity index (χ2v) is 5.96. The zero-order valence-corrected chi connectivity index (χ0v) is 14.6. The average Bonchev–Trinajstić information content (AvgIpc) is 2.60. The number of benzene rings is 2.